The Morgan fingerprint density at radius 1 is 1.03 bits per heavy atom. The molecule has 7 nitrogen and oxygen atoms in total. The molecule has 0 amide bonds. The number of rotatable bonds is 3. The molecule has 1 spiro atoms. The third kappa shape index (κ3) is 2.33. The standard InChI is InChI=1S/C23H28N6O/c1-26-10-17(9-25-26)16-8-21-20(5-7-24-28(21)11-16)27-12-18-2-3-19(13-27)29(18)22-4-6-23(22)14-30-15-23/h5,7-11,18-19,22H,2-4,6,12-15H2,1H3. The molecule has 3 aromatic rings. The summed E-state index contributed by atoms with van der Waals surface area (Å²) in [6.07, 6.45) is 13.4. The zero-order valence-electron chi connectivity index (χ0n) is 17.4. The van der Waals surface area contributed by atoms with Crippen molar-refractivity contribution in [1.82, 2.24) is 24.3 Å². The molecule has 30 heavy (non-hydrogen) atoms. The van der Waals surface area contributed by atoms with Gasteiger partial charge in [-0.05, 0) is 37.8 Å². The van der Waals surface area contributed by atoms with E-state index in [0.717, 1.165) is 37.9 Å². The van der Waals surface area contributed by atoms with Gasteiger partial charge in [-0.2, -0.15) is 10.2 Å². The van der Waals surface area contributed by atoms with Gasteiger partial charge < -0.3 is 9.64 Å². The molecule has 0 aromatic carbocycles. The summed E-state index contributed by atoms with van der Waals surface area (Å²) in [7, 11) is 1.96. The molecule has 4 aliphatic rings. The summed E-state index contributed by atoms with van der Waals surface area (Å²) in [6.45, 7) is 4.22. The number of hydrogen-bond donors (Lipinski definition) is 0. The molecular formula is C23H28N6O. The number of piperazine rings is 1. The molecule has 0 N–H and O–H groups in total. The Kier molecular flexibility index (Phi) is 3.51. The third-order valence-electron chi connectivity index (χ3n) is 8.17. The van der Waals surface area contributed by atoms with Crippen LogP contribution in [0.3, 0.4) is 0 Å². The third-order valence-corrected chi connectivity index (χ3v) is 8.17. The Bertz CT molecular complexity index is 1090. The normalized spacial score (nSPS) is 30.0. The lowest BCUT2D eigenvalue weighted by Gasteiger charge is -2.61. The molecule has 3 aliphatic heterocycles. The number of nitrogens with zero attached hydrogens (tertiary/aromatic N) is 6. The van der Waals surface area contributed by atoms with Crippen molar-refractivity contribution >= 4 is 11.2 Å². The Balaban J connectivity index is 1.19. The zero-order chi connectivity index (χ0) is 19.9. The molecule has 2 bridgehead atoms. The molecule has 1 saturated carbocycles. The largest absolute Gasteiger partial charge is 0.380 e. The van der Waals surface area contributed by atoms with Gasteiger partial charge in [0.1, 0.15) is 0 Å². The van der Waals surface area contributed by atoms with Crippen LogP contribution in [0.2, 0.25) is 0 Å². The maximum Gasteiger partial charge on any atom is 0.0886 e. The van der Waals surface area contributed by atoms with Gasteiger partial charge in [0.05, 0.1) is 30.6 Å². The van der Waals surface area contributed by atoms with Crippen LogP contribution in [0.5, 0.6) is 0 Å². The maximum atomic E-state index is 5.62. The minimum absolute atomic E-state index is 0.493. The van der Waals surface area contributed by atoms with Crippen LogP contribution < -0.4 is 4.90 Å². The molecule has 7 rings (SSSR count). The van der Waals surface area contributed by atoms with Crippen molar-refractivity contribution in [3.63, 3.8) is 0 Å². The number of aromatic nitrogens is 4. The quantitative estimate of drug-likeness (QED) is 0.672. The second-order valence-corrected chi connectivity index (χ2v) is 9.82. The predicted molar refractivity (Wildman–Crippen MR) is 115 cm³/mol. The van der Waals surface area contributed by atoms with E-state index in [1.165, 1.54) is 42.5 Å². The first-order chi connectivity index (χ1) is 14.7. The lowest BCUT2D eigenvalue weighted by atomic mass is 9.62. The SMILES string of the molecule is Cn1cc(-c2cc3c(N4CC5CCC(C4)N5C4CCC45COC5)ccnn3c2)cn1. The van der Waals surface area contributed by atoms with Gasteiger partial charge in [-0.25, -0.2) is 4.52 Å². The number of aryl methyl sites for hydroxylation is 1. The summed E-state index contributed by atoms with van der Waals surface area (Å²) in [5, 5.41) is 8.91. The molecule has 4 fully saturated rings. The summed E-state index contributed by atoms with van der Waals surface area (Å²) in [6, 6.07) is 6.57. The minimum atomic E-state index is 0.493. The van der Waals surface area contributed by atoms with Gasteiger partial charge in [-0.3, -0.25) is 9.58 Å². The van der Waals surface area contributed by atoms with Crippen LogP contribution in [0.1, 0.15) is 25.7 Å². The Morgan fingerprint density at radius 3 is 2.50 bits per heavy atom. The van der Waals surface area contributed by atoms with Crippen LogP contribution in [-0.4, -0.2) is 68.7 Å². The minimum Gasteiger partial charge on any atom is -0.380 e. The molecule has 3 unspecified atom stereocenters. The first kappa shape index (κ1) is 17.3. The van der Waals surface area contributed by atoms with E-state index < -0.39 is 0 Å². The van der Waals surface area contributed by atoms with Crippen molar-refractivity contribution in [2.75, 3.05) is 31.2 Å². The fourth-order valence-electron chi connectivity index (χ4n) is 6.48. The molecule has 156 valence electrons. The molecular weight excluding hydrogens is 376 g/mol. The molecule has 3 atom stereocenters. The summed E-state index contributed by atoms with van der Waals surface area (Å²) in [5.74, 6) is 0. The summed E-state index contributed by atoms with van der Waals surface area (Å²) in [5.41, 5.74) is 5.30. The lowest BCUT2D eigenvalue weighted by molar-refractivity contribution is -0.210. The van der Waals surface area contributed by atoms with Crippen LogP contribution >= 0.6 is 0 Å². The summed E-state index contributed by atoms with van der Waals surface area (Å²) >= 11 is 0. The second-order valence-electron chi connectivity index (χ2n) is 9.82. The van der Waals surface area contributed by atoms with E-state index in [9.17, 15) is 0 Å². The highest BCUT2D eigenvalue weighted by Gasteiger charge is 2.58. The molecule has 1 aliphatic carbocycles. The number of ether oxygens (including phenoxy) is 1. The van der Waals surface area contributed by atoms with Gasteiger partial charge in [0.2, 0.25) is 0 Å². The molecule has 3 saturated heterocycles. The monoisotopic (exact) mass is 404 g/mol. The van der Waals surface area contributed by atoms with Crippen molar-refractivity contribution in [2.24, 2.45) is 12.5 Å². The van der Waals surface area contributed by atoms with Crippen molar-refractivity contribution in [3.05, 3.63) is 36.9 Å². The van der Waals surface area contributed by atoms with E-state index in [2.05, 4.69) is 44.5 Å². The highest BCUT2D eigenvalue weighted by atomic mass is 16.5. The van der Waals surface area contributed by atoms with Crippen LogP contribution in [0.25, 0.3) is 16.6 Å². The summed E-state index contributed by atoms with van der Waals surface area (Å²) < 4.78 is 9.50. The van der Waals surface area contributed by atoms with E-state index in [-0.39, 0.29) is 0 Å². The maximum absolute atomic E-state index is 5.62. The number of fused-ring (bicyclic) bond motifs is 3. The van der Waals surface area contributed by atoms with Crippen molar-refractivity contribution in [2.45, 2.75) is 43.8 Å². The van der Waals surface area contributed by atoms with E-state index in [1.807, 2.05) is 28.6 Å². The van der Waals surface area contributed by atoms with Gasteiger partial charge in [0, 0.05) is 73.4 Å². The summed E-state index contributed by atoms with van der Waals surface area (Å²) in [4.78, 5) is 5.52. The zero-order valence-corrected chi connectivity index (χ0v) is 17.4. The first-order valence-corrected chi connectivity index (χ1v) is 11.3. The smallest absolute Gasteiger partial charge is 0.0886 e. The molecule has 7 heteroatoms. The van der Waals surface area contributed by atoms with Gasteiger partial charge >= 0.3 is 0 Å². The van der Waals surface area contributed by atoms with E-state index in [0.29, 0.717) is 17.5 Å². The van der Waals surface area contributed by atoms with Crippen LogP contribution in [0.4, 0.5) is 5.69 Å². The number of hydrogen-bond acceptors (Lipinski definition) is 5. The topological polar surface area (TPSA) is 50.8 Å². The van der Waals surface area contributed by atoms with Gasteiger partial charge in [0.25, 0.3) is 0 Å². The van der Waals surface area contributed by atoms with Gasteiger partial charge in [0.15, 0.2) is 0 Å². The van der Waals surface area contributed by atoms with E-state index in [4.69, 9.17) is 4.74 Å². The van der Waals surface area contributed by atoms with Crippen molar-refractivity contribution in [1.29, 1.82) is 0 Å². The van der Waals surface area contributed by atoms with Crippen molar-refractivity contribution < 1.29 is 4.74 Å². The van der Waals surface area contributed by atoms with Crippen LogP contribution in [0, 0.1) is 5.41 Å². The van der Waals surface area contributed by atoms with Gasteiger partial charge in [-0.1, -0.05) is 0 Å². The molecule has 3 aromatic heterocycles. The molecule has 0 radical (unpaired) electrons. The second kappa shape index (κ2) is 6.08. The van der Waals surface area contributed by atoms with Crippen molar-refractivity contribution in [3.8, 4) is 11.1 Å². The fraction of sp³-hybridized carbons (Fsp3) is 0.565. The fourth-order valence-corrected chi connectivity index (χ4v) is 6.48. The van der Waals surface area contributed by atoms with Crippen LogP contribution in [-0.2, 0) is 11.8 Å². The Labute approximate surface area is 176 Å². The Hall–Kier alpha value is -2.38. The molecule has 6 heterocycles. The van der Waals surface area contributed by atoms with Crippen LogP contribution in [0.15, 0.2) is 36.9 Å². The lowest BCUT2D eigenvalue weighted by Crippen LogP contribution is -2.69. The number of anilines is 1. The highest BCUT2D eigenvalue weighted by Crippen LogP contribution is 2.53. The first-order valence-electron chi connectivity index (χ1n) is 11.3. The Morgan fingerprint density at radius 2 is 1.87 bits per heavy atom. The highest BCUT2D eigenvalue weighted by molar-refractivity contribution is 5.79. The van der Waals surface area contributed by atoms with E-state index >= 15 is 0 Å². The van der Waals surface area contributed by atoms with Gasteiger partial charge in [-0.15, -0.1) is 0 Å². The average molecular weight is 405 g/mol. The average Bonchev–Trinajstić information content (AvgIpc) is 3.35. The predicted octanol–water partition coefficient (Wildman–Crippen LogP) is 2.57. The van der Waals surface area contributed by atoms with E-state index in [1.54, 1.807) is 0 Å².